The van der Waals surface area contributed by atoms with Gasteiger partial charge in [0.1, 0.15) is 0 Å². The van der Waals surface area contributed by atoms with Crippen LogP contribution in [0.4, 0.5) is 0 Å². The predicted octanol–water partition coefficient (Wildman–Crippen LogP) is 4.59. The van der Waals surface area contributed by atoms with Crippen molar-refractivity contribution >= 4 is 0 Å². The summed E-state index contributed by atoms with van der Waals surface area (Å²) in [5.74, 6) is 0. The van der Waals surface area contributed by atoms with Crippen LogP contribution in [0.1, 0.15) is 84.0 Å². The van der Waals surface area contributed by atoms with E-state index in [1.165, 1.54) is 110 Å². The van der Waals surface area contributed by atoms with Gasteiger partial charge in [-0.05, 0) is 64.8 Å². The number of hydrogen-bond acceptors (Lipinski definition) is 2. The van der Waals surface area contributed by atoms with E-state index in [1.54, 1.807) is 0 Å². The molecule has 0 aromatic heterocycles. The van der Waals surface area contributed by atoms with Gasteiger partial charge in [0, 0.05) is 0 Å². The molecule has 2 nitrogen and oxygen atoms in total. The van der Waals surface area contributed by atoms with E-state index in [0.29, 0.717) is 0 Å². The first-order valence-corrected chi connectivity index (χ1v) is 9.36. The van der Waals surface area contributed by atoms with E-state index in [2.05, 4.69) is 17.1 Å². The maximum absolute atomic E-state index is 3.58. The van der Waals surface area contributed by atoms with Gasteiger partial charge in [0.2, 0.25) is 0 Å². The van der Waals surface area contributed by atoms with Crippen LogP contribution < -0.4 is 5.32 Å². The van der Waals surface area contributed by atoms with E-state index in [9.17, 15) is 0 Å². The smallest absolute Gasteiger partial charge is 0.00187 e. The third-order valence-corrected chi connectivity index (χ3v) is 4.48. The van der Waals surface area contributed by atoms with Gasteiger partial charge in [-0.25, -0.2) is 0 Å². The van der Waals surface area contributed by atoms with E-state index in [0.717, 1.165) is 0 Å². The number of hydrogen-bond donors (Lipinski definition) is 1. The van der Waals surface area contributed by atoms with Crippen molar-refractivity contribution in [2.75, 3.05) is 32.7 Å². The van der Waals surface area contributed by atoms with Crippen molar-refractivity contribution in [1.82, 2.24) is 10.2 Å². The summed E-state index contributed by atoms with van der Waals surface area (Å²) < 4.78 is 0. The van der Waals surface area contributed by atoms with Gasteiger partial charge in [0.05, 0.1) is 0 Å². The van der Waals surface area contributed by atoms with Gasteiger partial charge in [-0.2, -0.15) is 0 Å². The average molecular weight is 283 g/mol. The van der Waals surface area contributed by atoms with E-state index in [1.807, 2.05) is 0 Å². The molecule has 0 bridgehead atoms. The molecule has 1 heterocycles. The number of nitrogens with zero attached hydrogens (tertiary/aromatic N) is 1. The summed E-state index contributed by atoms with van der Waals surface area (Å²) in [6.07, 6.45) is 16.9. The second-order valence-corrected chi connectivity index (χ2v) is 6.48. The summed E-state index contributed by atoms with van der Waals surface area (Å²) in [5.41, 5.74) is 0. The van der Waals surface area contributed by atoms with Gasteiger partial charge in [0.15, 0.2) is 0 Å². The summed E-state index contributed by atoms with van der Waals surface area (Å²) in [7, 11) is 0. The normalized spacial score (nSPS) is 21.4. The zero-order valence-electron chi connectivity index (χ0n) is 14.0. The zero-order chi connectivity index (χ0) is 14.3. The highest BCUT2D eigenvalue weighted by molar-refractivity contribution is 4.61. The minimum absolute atomic E-state index is 1.24. The van der Waals surface area contributed by atoms with Gasteiger partial charge in [-0.1, -0.05) is 51.9 Å². The molecule has 0 saturated carbocycles. The molecule has 1 saturated heterocycles. The highest BCUT2D eigenvalue weighted by atomic mass is 15.1. The minimum Gasteiger partial charge on any atom is -0.317 e. The summed E-state index contributed by atoms with van der Waals surface area (Å²) in [6, 6.07) is 0. The molecule has 1 rings (SSSR count). The Morgan fingerprint density at radius 2 is 1.30 bits per heavy atom. The maximum atomic E-state index is 3.58. The lowest BCUT2D eigenvalue weighted by atomic mass is 10.1. The molecule has 1 N–H and O–H groups in total. The Balaban J connectivity index is 2.18. The van der Waals surface area contributed by atoms with Crippen LogP contribution in [0.2, 0.25) is 0 Å². The monoisotopic (exact) mass is 282 g/mol. The molecule has 0 spiro atoms. The van der Waals surface area contributed by atoms with Crippen LogP contribution in [-0.2, 0) is 0 Å². The first-order valence-electron chi connectivity index (χ1n) is 9.36. The predicted molar refractivity (Wildman–Crippen MR) is 90.4 cm³/mol. The Morgan fingerprint density at radius 3 is 1.90 bits per heavy atom. The minimum atomic E-state index is 1.24. The molecule has 0 unspecified atom stereocenters. The summed E-state index contributed by atoms with van der Waals surface area (Å²) in [5, 5.41) is 3.58. The fourth-order valence-electron chi connectivity index (χ4n) is 3.10. The van der Waals surface area contributed by atoms with E-state index in [-0.39, 0.29) is 0 Å². The molecule has 0 aliphatic carbocycles. The molecule has 0 aromatic carbocycles. The van der Waals surface area contributed by atoms with Crippen molar-refractivity contribution in [3.63, 3.8) is 0 Å². The first kappa shape index (κ1) is 18.0. The molecule has 0 aromatic rings. The van der Waals surface area contributed by atoms with Crippen LogP contribution in [0.25, 0.3) is 0 Å². The second-order valence-electron chi connectivity index (χ2n) is 6.48. The van der Waals surface area contributed by atoms with Crippen LogP contribution in [0.15, 0.2) is 0 Å². The molecule has 2 heteroatoms. The largest absolute Gasteiger partial charge is 0.317 e. The van der Waals surface area contributed by atoms with Crippen molar-refractivity contribution in [2.45, 2.75) is 84.0 Å². The highest BCUT2D eigenvalue weighted by Crippen LogP contribution is 2.08. The van der Waals surface area contributed by atoms with E-state index in [4.69, 9.17) is 0 Å². The SMILES string of the molecule is CCCCCCN1CCCCCCNCCCCCC1. The average Bonchev–Trinajstić information content (AvgIpc) is 2.47. The lowest BCUT2D eigenvalue weighted by molar-refractivity contribution is 0.254. The van der Waals surface area contributed by atoms with Gasteiger partial charge >= 0.3 is 0 Å². The fraction of sp³-hybridized carbons (Fsp3) is 1.00. The molecule has 1 fully saturated rings. The van der Waals surface area contributed by atoms with Crippen LogP contribution in [0.3, 0.4) is 0 Å². The molecule has 1 aliphatic rings. The Labute approximate surface area is 127 Å². The molecule has 20 heavy (non-hydrogen) atoms. The van der Waals surface area contributed by atoms with Crippen molar-refractivity contribution in [2.24, 2.45) is 0 Å². The maximum Gasteiger partial charge on any atom is -0.00187 e. The highest BCUT2D eigenvalue weighted by Gasteiger charge is 2.05. The Bertz CT molecular complexity index is 180. The summed E-state index contributed by atoms with van der Waals surface area (Å²) in [4.78, 5) is 2.75. The van der Waals surface area contributed by atoms with Gasteiger partial charge in [-0.15, -0.1) is 0 Å². The van der Waals surface area contributed by atoms with Crippen molar-refractivity contribution in [3.8, 4) is 0 Å². The molecular weight excluding hydrogens is 244 g/mol. The van der Waals surface area contributed by atoms with Gasteiger partial charge in [0.25, 0.3) is 0 Å². The Kier molecular flexibility index (Phi) is 12.5. The van der Waals surface area contributed by atoms with Gasteiger partial charge < -0.3 is 10.2 Å². The van der Waals surface area contributed by atoms with E-state index >= 15 is 0 Å². The topological polar surface area (TPSA) is 15.3 Å². The zero-order valence-corrected chi connectivity index (χ0v) is 14.0. The molecule has 0 atom stereocenters. The number of nitrogens with one attached hydrogen (secondary N) is 1. The Hall–Kier alpha value is -0.0800. The van der Waals surface area contributed by atoms with Crippen LogP contribution >= 0.6 is 0 Å². The van der Waals surface area contributed by atoms with Gasteiger partial charge in [-0.3, -0.25) is 0 Å². The third kappa shape index (κ3) is 10.7. The van der Waals surface area contributed by atoms with Crippen LogP contribution in [-0.4, -0.2) is 37.6 Å². The molecule has 120 valence electrons. The van der Waals surface area contributed by atoms with Crippen molar-refractivity contribution < 1.29 is 0 Å². The fourth-order valence-corrected chi connectivity index (χ4v) is 3.10. The van der Waals surface area contributed by atoms with Crippen LogP contribution in [0, 0.1) is 0 Å². The van der Waals surface area contributed by atoms with Crippen LogP contribution in [0.5, 0.6) is 0 Å². The number of unbranched alkanes of at least 4 members (excludes halogenated alkanes) is 3. The second kappa shape index (κ2) is 13.9. The Morgan fingerprint density at radius 1 is 0.700 bits per heavy atom. The van der Waals surface area contributed by atoms with Crippen molar-refractivity contribution in [1.29, 1.82) is 0 Å². The molecule has 0 amide bonds. The quantitative estimate of drug-likeness (QED) is 0.742. The lowest BCUT2D eigenvalue weighted by Gasteiger charge is -2.22. The van der Waals surface area contributed by atoms with Crippen molar-refractivity contribution in [3.05, 3.63) is 0 Å². The summed E-state index contributed by atoms with van der Waals surface area (Å²) in [6.45, 7) is 8.82. The molecule has 1 aliphatic heterocycles. The molecule has 0 radical (unpaired) electrons. The first-order chi connectivity index (χ1) is 9.93. The molecular formula is C18H38N2. The lowest BCUT2D eigenvalue weighted by Crippen LogP contribution is -2.27. The summed E-state index contributed by atoms with van der Waals surface area (Å²) >= 11 is 0. The number of rotatable bonds is 5. The standard InChI is InChI=1S/C18H38N2/c1-2-3-4-11-16-20-17-12-7-5-9-14-19-15-10-6-8-13-18-20/h19H,2-18H2,1H3. The van der Waals surface area contributed by atoms with E-state index < -0.39 is 0 Å². The third-order valence-electron chi connectivity index (χ3n) is 4.48.